The number of hydrogen-bond donors (Lipinski definition) is 1. The van der Waals surface area contributed by atoms with Gasteiger partial charge in [-0.15, -0.1) is 0 Å². The van der Waals surface area contributed by atoms with E-state index in [1.165, 1.54) is 12.8 Å². The summed E-state index contributed by atoms with van der Waals surface area (Å²) in [7, 11) is 0. The Morgan fingerprint density at radius 3 is 2.78 bits per heavy atom. The fraction of sp³-hybridized carbons (Fsp3) is 0.500. The van der Waals surface area contributed by atoms with Gasteiger partial charge in [-0.2, -0.15) is 0 Å². The molecule has 4 heteroatoms. The predicted octanol–water partition coefficient (Wildman–Crippen LogP) is 3.56. The summed E-state index contributed by atoms with van der Waals surface area (Å²) in [6.07, 6.45) is 4.59. The third-order valence-corrected chi connectivity index (χ3v) is 2.96. The molecule has 0 aliphatic rings. The zero-order chi connectivity index (χ0) is 13.4. The SMILES string of the molecule is CCCCCCOCc1cccc(C(N)=S)c1F. The van der Waals surface area contributed by atoms with E-state index >= 15 is 0 Å². The zero-order valence-corrected chi connectivity index (χ0v) is 11.6. The van der Waals surface area contributed by atoms with Crippen LogP contribution >= 0.6 is 12.2 Å². The molecule has 100 valence electrons. The van der Waals surface area contributed by atoms with E-state index in [9.17, 15) is 4.39 Å². The van der Waals surface area contributed by atoms with Crippen LogP contribution in [0.1, 0.15) is 43.7 Å². The van der Waals surface area contributed by atoms with E-state index in [0.29, 0.717) is 12.2 Å². The van der Waals surface area contributed by atoms with Crippen LogP contribution in [0.25, 0.3) is 0 Å². The van der Waals surface area contributed by atoms with Crippen LogP contribution in [0.2, 0.25) is 0 Å². The van der Waals surface area contributed by atoms with Crippen molar-refractivity contribution < 1.29 is 9.13 Å². The molecule has 1 rings (SSSR count). The van der Waals surface area contributed by atoms with Gasteiger partial charge in [-0.05, 0) is 12.5 Å². The Balaban J connectivity index is 2.43. The van der Waals surface area contributed by atoms with Gasteiger partial charge in [0.25, 0.3) is 0 Å². The summed E-state index contributed by atoms with van der Waals surface area (Å²) in [5.74, 6) is -0.362. The highest BCUT2D eigenvalue weighted by molar-refractivity contribution is 7.80. The number of thiocarbonyl (C=S) groups is 1. The van der Waals surface area contributed by atoms with Crippen LogP contribution in [-0.2, 0) is 11.3 Å². The average Bonchev–Trinajstić information content (AvgIpc) is 2.35. The van der Waals surface area contributed by atoms with Gasteiger partial charge >= 0.3 is 0 Å². The third kappa shape index (κ3) is 4.70. The molecule has 0 aliphatic heterocycles. The van der Waals surface area contributed by atoms with Gasteiger partial charge in [-0.1, -0.05) is 50.5 Å². The van der Waals surface area contributed by atoms with E-state index < -0.39 is 0 Å². The second-order valence-corrected chi connectivity index (χ2v) is 4.70. The molecule has 18 heavy (non-hydrogen) atoms. The lowest BCUT2D eigenvalue weighted by Crippen LogP contribution is -2.13. The van der Waals surface area contributed by atoms with E-state index in [0.717, 1.165) is 12.8 Å². The van der Waals surface area contributed by atoms with Crippen LogP contribution in [0, 0.1) is 5.82 Å². The molecule has 1 aromatic rings. The van der Waals surface area contributed by atoms with Crippen LogP contribution in [0.3, 0.4) is 0 Å². The van der Waals surface area contributed by atoms with E-state index in [-0.39, 0.29) is 23.0 Å². The van der Waals surface area contributed by atoms with Crippen molar-refractivity contribution in [2.24, 2.45) is 5.73 Å². The molecule has 0 amide bonds. The number of unbranched alkanes of at least 4 members (excludes halogenated alkanes) is 3. The topological polar surface area (TPSA) is 35.2 Å². The zero-order valence-electron chi connectivity index (χ0n) is 10.7. The number of benzene rings is 1. The van der Waals surface area contributed by atoms with E-state index in [4.69, 9.17) is 22.7 Å². The number of hydrogen-bond acceptors (Lipinski definition) is 2. The van der Waals surface area contributed by atoms with Crippen LogP contribution in [0.4, 0.5) is 4.39 Å². The first-order chi connectivity index (χ1) is 8.66. The molecule has 0 saturated carbocycles. The van der Waals surface area contributed by atoms with Gasteiger partial charge in [0.05, 0.1) is 6.61 Å². The first-order valence-corrected chi connectivity index (χ1v) is 6.72. The van der Waals surface area contributed by atoms with Gasteiger partial charge in [0.15, 0.2) is 0 Å². The van der Waals surface area contributed by atoms with Crippen LogP contribution in [-0.4, -0.2) is 11.6 Å². The maximum atomic E-state index is 13.9. The van der Waals surface area contributed by atoms with Crippen molar-refractivity contribution in [2.45, 2.75) is 39.2 Å². The largest absolute Gasteiger partial charge is 0.389 e. The lowest BCUT2D eigenvalue weighted by Gasteiger charge is -2.08. The van der Waals surface area contributed by atoms with Gasteiger partial charge < -0.3 is 10.5 Å². The molecule has 0 radical (unpaired) electrons. The molecule has 0 spiro atoms. The number of ether oxygens (including phenoxy) is 1. The number of nitrogens with two attached hydrogens (primary N) is 1. The molecule has 2 N–H and O–H groups in total. The number of halogens is 1. The Hall–Kier alpha value is -1.00. The second kappa shape index (κ2) is 8.16. The van der Waals surface area contributed by atoms with E-state index in [2.05, 4.69) is 6.92 Å². The minimum atomic E-state index is -0.362. The molecule has 0 aromatic heterocycles. The van der Waals surface area contributed by atoms with Gasteiger partial charge in [-0.3, -0.25) is 0 Å². The van der Waals surface area contributed by atoms with E-state index in [1.54, 1.807) is 18.2 Å². The van der Waals surface area contributed by atoms with Gasteiger partial charge in [0, 0.05) is 17.7 Å². The molecular weight excluding hydrogens is 249 g/mol. The first-order valence-electron chi connectivity index (χ1n) is 6.31. The highest BCUT2D eigenvalue weighted by atomic mass is 32.1. The molecule has 0 saturated heterocycles. The minimum Gasteiger partial charge on any atom is -0.389 e. The third-order valence-electron chi connectivity index (χ3n) is 2.74. The van der Waals surface area contributed by atoms with Crippen molar-refractivity contribution in [3.63, 3.8) is 0 Å². The quantitative estimate of drug-likeness (QED) is 0.579. The van der Waals surface area contributed by atoms with Gasteiger partial charge in [-0.25, -0.2) is 4.39 Å². The van der Waals surface area contributed by atoms with Crippen LogP contribution in [0.5, 0.6) is 0 Å². The number of rotatable bonds is 8. The van der Waals surface area contributed by atoms with Crippen LogP contribution in [0.15, 0.2) is 18.2 Å². The summed E-state index contributed by atoms with van der Waals surface area (Å²) in [5.41, 5.74) is 6.24. The Labute approximate surface area is 113 Å². The monoisotopic (exact) mass is 269 g/mol. The minimum absolute atomic E-state index is 0.0808. The Kier molecular flexibility index (Phi) is 6.83. The lowest BCUT2D eigenvalue weighted by molar-refractivity contribution is 0.114. The maximum Gasteiger partial charge on any atom is 0.138 e. The van der Waals surface area contributed by atoms with Crippen molar-refractivity contribution >= 4 is 17.2 Å². The summed E-state index contributed by atoms with van der Waals surface area (Å²) in [4.78, 5) is 0.0808. The summed E-state index contributed by atoms with van der Waals surface area (Å²) in [6, 6.07) is 5.03. The molecule has 0 heterocycles. The predicted molar refractivity (Wildman–Crippen MR) is 76.1 cm³/mol. The standard InChI is InChI=1S/C14H20FNOS/c1-2-3-4-5-9-17-10-11-7-6-8-12(13(11)15)14(16)18/h6-8H,2-5,9-10H2,1H3,(H2,16,18). The van der Waals surface area contributed by atoms with Gasteiger partial charge in [0.1, 0.15) is 10.8 Å². The van der Waals surface area contributed by atoms with Gasteiger partial charge in [0.2, 0.25) is 0 Å². The van der Waals surface area contributed by atoms with Crippen molar-refractivity contribution in [1.29, 1.82) is 0 Å². The fourth-order valence-corrected chi connectivity index (χ4v) is 1.85. The highest BCUT2D eigenvalue weighted by Crippen LogP contribution is 2.14. The molecule has 0 aliphatic carbocycles. The molecule has 0 fully saturated rings. The maximum absolute atomic E-state index is 13.9. The highest BCUT2D eigenvalue weighted by Gasteiger charge is 2.09. The van der Waals surface area contributed by atoms with Crippen molar-refractivity contribution in [1.82, 2.24) is 0 Å². The fourth-order valence-electron chi connectivity index (χ4n) is 1.69. The Bertz CT molecular complexity index is 395. The summed E-state index contributed by atoms with van der Waals surface area (Å²) in [6.45, 7) is 3.10. The second-order valence-electron chi connectivity index (χ2n) is 4.26. The Morgan fingerprint density at radius 2 is 2.11 bits per heavy atom. The van der Waals surface area contributed by atoms with Crippen molar-refractivity contribution in [3.8, 4) is 0 Å². The smallest absolute Gasteiger partial charge is 0.138 e. The molecule has 0 atom stereocenters. The van der Waals surface area contributed by atoms with E-state index in [1.807, 2.05) is 0 Å². The average molecular weight is 269 g/mol. The normalized spacial score (nSPS) is 10.6. The molecule has 1 aromatic carbocycles. The Morgan fingerprint density at radius 1 is 1.33 bits per heavy atom. The molecule has 2 nitrogen and oxygen atoms in total. The first kappa shape index (κ1) is 15.1. The molecule has 0 bridgehead atoms. The van der Waals surface area contributed by atoms with Crippen molar-refractivity contribution in [2.75, 3.05) is 6.61 Å². The van der Waals surface area contributed by atoms with Crippen LogP contribution < -0.4 is 5.73 Å². The molecule has 0 unspecified atom stereocenters. The summed E-state index contributed by atoms with van der Waals surface area (Å²) in [5, 5.41) is 0. The molecular formula is C14H20FNOS. The summed E-state index contributed by atoms with van der Waals surface area (Å²) >= 11 is 4.79. The summed E-state index contributed by atoms with van der Waals surface area (Å²) < 4.78 is 19.4. The lowest BCUT2D eigenvalue weighted by atomic mass is 10.1. The van der Waals surface area contributed by atoms with Crippen molar-refractivity contribution in [3.05, 3.63) is 35.1 Å².